The van der Waals surface area contributed by atoms with Crippen LogP contribution >= 0.6 is 0 Å². The van der Waals surface area contributed by atoms with E-state index in [4.69, 9.17) is 4.74 Å². The summed E-state index contributed by atoms with van der Waals surface area (Å²) in [5.74, 6) is 2.31. The average Bonchev–Trinajstić information content (AvgIpc) is 3.12. The summed E-state index contributed by atoms with van der Waals surface area (Å²) >= 11 is 0. The van der Waals surface area contributed by atoms with Crippen molar-refractivity contribution in [3.05, 3.63) is 29.8 Å². The summed E-state index contributed by atoms with van der Waals surface area (Å²) in [7, 11) is 0. The summed E-state index contributed by atoms with van der Waals surface area (Å²) in [6, 6.07) is 9.27. The van der Waals surface area contributed by atoms with E-state index < -0.39 is 0 Å². The summed E-state index contributed by atoms with van der Waals surface area (Å²) in [5, 5.41) is 3.64. The van der Waals surface area contributed by atoms with Crippen LogP contribution in [-0.4, -0.2) is 19.2 Å². The molecule has 1 saturated carbocycles. The molecular weight excluding hydrogens is 198 g/mol. The van der Waals surface area contributed by atoms with Crippen molar-refractivity contribution in [1.29, 1.82) is 0 Å². The second-order valence-electron chi connectivity index (χ2n) is 5.12. The quantitative estimate of drug-likeness (QED) is 0.840. The number of ether oxygens (including phenoxy) is 1. The van der Waals surface area contributed by atoms with Crippen molar-refractivity contribution < 1.29 is 4.74 Å². The molecule has 2 heteroatoms. The lowest BCUT2D eigenvalue weighted by Crippen LogP contribution is -2.32. The predicted molar refractivity (Wildman–Crippen MR) is 64.9 cm³/mol. The highest BCUT2D eigenvalue weighted by Gasteiger charge is 2.29. The SMILES string of the molecule is CC1COc2ccccc2C1CNC1CC1. The molecule has 2 atom stereocenters. The van der Waals surface area contributed by atoms with Gasteiger partial charge in [-0.15, -0.1) is 0 Å². The van der Waals surface area contributed by atoms with E-state index in [0.717, 1.165) is 24.9 Å². The predicted octanol–water partition coefficient (Wildman–Crippen LogP) is 2.55. The van der Waals surface area contributed by atoms with E-state index in [-0.39, 0.29) is 0 Å². The molecule has 1 aliphatic heterocycles. The van der Waals surface area contributed by atoms with E-state index in [1.807, 2.05) is 0 Å². The number of para-hydroxylation sites is 1. The molecule has 0 bridgehead atoms. The Bertz CT molecular complexity index is 373. The molecule has 0 spiro atoms. The van der Waals surface area contributed by atoms with Crippen LogP contribution in [-0.2, 0) is 0 Å². The molecule has 86 valence electrons. The Kier molecular flexibility index (Phi) is 2.60. The largest absolute Gasteiger partial charge is 0.493 e. The molecular formula is C14H19NO. The van der Waals surface area contributed by atoms with Gasteiger partial charge < -0.3 is 10.1 Å². The summed E-state index contributed by atoms with van der Waals surface area (Å²) in [4.78, 5) is 0. The second-order valence-corrected chi connectivity index (χ2v) is 5.12. The van der Waals surface area contributed by atoms with Crippen molar-refractivity contribution in [2.24, 2.45) is 5.92 Å². The number of fused-ring (bicyclic) bond motifs is 1. The van der Waals surface area contributed by atoms with Crippen LogP contribution in [0.15, 0.2) is 24.3 Å². The van der Waals surface area contributed by atoms with E-state index in [0.29, 0.717) is 11.8 Å². The Morgan fingerprint density at radius 2 is 2.12 bits per heavy atom. The van der Waals surface area contributed by atoms with Gasteiger partial charge in [-0.3, -0.25) is 0 Å². The fourth-order valence-corrected chi connectivity index (χ4v) is 2.45. The number of benzene rings is 1. The van der Waals surface area contributed by atoms with Gasteiger partial charge in [-0.2, -0.15) is 0 Å². The van der Waals surface area contributed by atoms with Crippen molar-refractivity contribution >= 4 is 0 Å². The van der Waals surface area contributed by atoms with E-state index >= 15 is 0 Å². The van der Waals surface area contributed by atoms with Gasteiger partial charge in [0.05, 0.1) is 6.61 Å². The first-order chi connectivity index (χ1) is 7.84. The molecule has 1 aromatic rings. The lowest BCUT2D eigenvalue weighted by atomic mass is 9.85. The fraction of sp³-hybridized carbons (Fsp3) is 0.571. The maximum Gasteiger partial charge on any atom is 0.122 e. The van der Waals surface area contributed by atoms with Crippen LogP contribution in [0.4, 0.5) is 0 Å². The van der Waals surface area contributed by atoms with Crippen molar-refractivity contribution in [2.75, 3.05) is 13.2 Å². The van der Waals surface area contributed by atoms with Crippen LogP contribution < -0.4 is 10.1 Å². The van der Waals surface area contributed by atoms with Crippen LogP contribution in [0.5, 0.6) is 5.75 Å². The molecule has 0 aromatic heterocycles. The lowest BCUT2D eigenvalue weighted by molar-refractivity contribution is 0.202. The highest BCUT2D eigenvalue weighted by molar-refractivity contribution is 5.38. The number of hydrogen-bond donors (Lipinski definition) is 1. The third-order valence-corrected chi connectivity index (χ3v) is 3.71. The van der Waals surface area contributed by atoms with Gasteiger partial charge in [0.1, 0.15) is 5.75 Å². The third-order valence-electron chi connectivity index (χ3n) is 3.71. The maximum atomic E-state index is 5.76. The standard InChI is InChI=1S/C14H19NO/c1-10-9-16-14-5-3-2-4-12(14)13(10)8-15-11-6-7-11/h2-5,10-11,13,15H,6-9H2,1H3. The summed E-state index contributed by atoms with van der Waals surface area (Å²) in [6.45, 7) is 4.25. The first-order valence-corrected chi connectivity index (χ1v) is 6.29. The Morgan fingerprint density at radius 1 is 1.31 bits per heavy atom. The van der Waals surface area contributed by atoms with Gasteiger partial charge in [-0.1, -0.05) is 25.1 Å². The zero-order chi connectivity index (χ0) is 11.0. The Balaban J connectivity index is 1.78. The van der Waals surface area contributed by atoms with Crippen LogP contribution in [0.3, 0.4) is 0 Å². The average molecular weight is 217 g/mol. The smallest absolute Gasteiger partial charge is 0.122 e. The molecule has 0 saturated heterocycles. The molecule has 1 heterocycles. The molecule has 2 nitrogen and oxygen atoms in total. The van der Waals surface area contributed by atoms with Gasteiger partial charge in [-0.25, -0.2) is 0 Å². The lowest BCUT2D eigenvalue weighted by Gasteiger charge is -2.31. The molecule has 0 radical (unpaired) electrons. The number of rotatable bonds is 3. The van der Waals surface area contributed by atoms with E-state index in [9.17, 15) is 0 Å². The highest BCUT2D eigenvalue weighted by atomic mass is 16.5. The van der Waals surface area contributed by atoms with E-state index in [2.05, 4.69) is 36.5 Å². The van der Waals surface area contributed by atoms with Crippen molar-refractivity contribution in [3.8, 4) is 5.75 Å². The summed E-state index contributed by atoms with van der Waals surface area (Å²) in [6.07, 6.45) is 2.72. The van der Waals surface area contributed by atoms with Crippen LogP contribution in [0.1, 0.15) is 31.2 Å². The zero-order valence-corrected chi connectivity index (χ0v) is 9.78. The van der Waals surface area contributed by atoms with Crippen LogP contribution in [0.2, 0.25) is 0 Å². The van der Waals surface area contributed by atoms with Crippen LogP contribution in [0.25, 0.3) is 0 Å². The van der Waals surface area contributed by atoms with Crippen molar-refractivity contribution in [1.82, 2.24) is 5.32 Å². The number of hydrogen-bond acceptors (Lipinski definition) is 2. The first kappa shape index (κ1) is 10.2. The van der Waals surface area contributed by atoms with Gasteiger partial charge in [-0.05, 0) is 30.4 Å². The molecule has 16 heavy (non-hydrogen) atoms. The summed E-state index contributed by atoms with van der Waals surface area (Å²) < 4.78 is 5.76. The summed E-state index contributed by atoms with van der Waals surface area (Å²) in [5.41, 5.74) is 1.38. The molecule has 2 aliphatic rings. The minimum Gasteiger partial charge on any atom is -0.493 e. The fourth-order valence-electron chi connectivity index (χ4n) is 2.45. The Labute approximate surface area is 97.0 Å². The molecule has 3 rings (SSSR count). The Morgan fingerprint density at radius 3 is 2.94 bits per heavy atom. The number of nitrogens with one attached hydrogen (secondary N) is 1. The van der Waals surface area contributed by atoms with Gasteiger partial charge in [0.15, 0.2) is 0 Å². The van der Waals surface area contributed by atoms with Crippen molar-refractivity contribution in [2.45, 2.75) is 31.7 Å². The van der Waals surface area contributed by atoms with Gasteiger partial charge >= 0.3 is 0 Å². The minimum absolute atomic E-state index is 0.612. The monoisotopic (exact) mass is 217 g/mol. The van der Waals surface area contributed by atoms with E-state index in [1.165, 1.54) is 18.4 Å². The van der Waals surface area contributed by atoms with Crippen molar-refractivity contribution in [3.63, 3.8) is 0 Å². The molecule has 2 unspecified atom stereocenters. The zero-order valence-electron chi connectivity index (χ0n) is 9.78. The topological polar surface area (TPSA) is 21.3 Å². The first-order valence-electron chi connectivity index (χ1n) is 6.29. The minimum atomic E-state index is 0.612. The van der Waals surface area contributed by atoms with Gasteiger partial charge in [0, 0.05) is 18.5 Å². The third kappa shape index (κ3) is 1.94. The molecule has 1 aromatic carbocycles. The van der Waals surface area contributed by atoms with E-state index in [1.54, 1.807) is 0 Å². The highest BCUT2D eigenvalue weighted by Crippen LogP contribution is 2.36. The molecule has 1 N–H and O–H groups in total. The molecule has 0 amide bonds. The Hall–Kier alpha value is -1.02. The van der Waals surface area contributed by atoms with Crippen LogP contribution in [0, 0.1) is 5.92 Å². The normalized spacial score (nSPS) is 28.3. The van der Waals surface area contributed by atoms with Gasteiger partial charge in [0.25, 0.3) is 0 Å². The molecule has 1 aliphatic carbocycles. The second kappa shape index (κ2) is 4.10. The molecule has 1 fully saturated rings. The van der Waals surface area contributed by atoms with Gasteiger partial charge in [0.2, 0.25) is 0 Å². The maximum absolute atomic E-state index is 5.76.